The quantitative estimate of drug-likeness (QED) is 0.356. The van der Waals surface area contributed by atoms with Gasteiger partial charge in [0.05, 0.1) is 0 Å². The van der Waals surface area contributed by atoms with Gasteiger partial charge in [0, 0.05) is 13.1 Å². The van der Waals surface area contributed by atoms with Crippen molar-refractivity contribution in [3.63, 3.8) is 0 Å². The molecule has 112 valence electrons. The molecule has 0 radical (unpaired) electrons. The Bertz CT molecular complexity index is 245. The molecule has 5 nitrogen and oxygen atoms in total. The number of rotatable bonds is 11. The first kappa shape index (κ1) is 17.9. The van der Waals surface area contributed by atoms with E-state index >= 15 is 0 Å². The minimum absolute atomic E-state index is 0.672. The molecule has 0 unspecified atom stereocenters. The topological polar surface area (TPSA) is 72.6 Å². The van der Waals surface area contributed by atoms with Gasteiger partial charge in [-0.1, -0.05) is 52.4 Å². The zero-order valence-corrected chi connectivity index (χ0v) is 12.3. The van der Waals surface area contributed by atoms with Crippen molar-refractivity contribution in [3.8, 4) is 0 Å². The maximum absolute atomic E-state index is 11.2. The highest BCUT2D eigenvalue weighted by Crippen LogP contribution is 2.06. The zero-order chi connectivity index (χ0) is 14.5. The van der Waals surface area contributed by atoms with Gasteiger partial charge >= 0.3 is 11.9 Å². The largest absolute Gasteiger partial charge is 0.415 e. The van der Waals surface area contributed by atoms with Gasteiger partial charge in [-0.2, -0.15) is 0 Å². The molecule has 0 bridgehead atoms. The van der Waals surface area contributed by atoms with Gasteiger partial charge in [-0.15, -0.1) is 5.06 Å². The normalized spacial score (nSPS) is 10.7. The highest BCUT2D eigenvalue weighted by Gasteiger charge is 2.16. The summed E-state index contributed by atoms with van der Waals surface area (Å²) in [5, 5.41) is 1.58. The molecule has 0 aliphatic carbocycles. The van der Waals surface area contributed by atoms with Crippen LogP contribution in [0.2, 0.25) is 0 Å². The summed E-state index contributed by atoms with van der Waals surface area (Å²) in [7, 11) is 0. The van der Waals surface area contributed by atoms with Crippen molar-refractivity contribution in [3.05, 3.63) is 0 Å². The average molecular weight is 272 g/mol. The van der Waals surface area contributed by atoms with Crippen molar-refractivity contribution in [1.82, 2.24) is 5.06 Å². The van der Waals surface area contributed by atoms with Crippen molar-refractivity contribution in [2.24, 2.45) is 5.73 Å². The maximum Gasteiger partial charge on any atom is 0.415 e. The standard InChI is InChI=1S/C14H28N2O3/c1-3-5-7-9-11-16(12-10-8-6-4-2)19-14(18)13(15)17/h3-12H2,1-2H3,(H2,15,17). The van der Waals surface area contributed by atoms with Gasteiger partial charge in [0.25, 0.3) is 0 Å². The van der Waals surface area contributed by atoms with Gasteiger partial charge < -0.3 is 10.6 Å². The highest BCUT2D eigenvalue weighted by molar-refractivity contribution is 6.31. The first-order valence-corrected chi connectivity index (χ1v) is 7.38. The predicted molar refractivity (Wildman–Crippen MR) is 75.1 cm³/mol. The fourth-order valence-electron chi connectivity index (χ4n) is 1.80. The van der Waals surface area contributed by atoms with E-state index in [1.54, 1.807) is 5.06 Å². The van der Waals surface area contributed by atoms with Gasteiger partial charge in [0.2, 0.25) is 0 Å². The molecule has 0 spiro atoms. The van der Waals surface area contributed by atoms with Crippen LogP contribution in [0.1, 0.15) is 65.2 Å². The second-order valence-corrected chi connectivity index (χ2v) is 4.79. The number of unbranched alkanes of at least 4 members (excludes halogenated alkanes) is 6. The van der Waals surface area contributed by atoms with E-state index in [1.165, 1.54) is 12.8 Å². The van der Waals surface area contributed by atoms with Crippen LogP contribution in [0, 0.1) is 0 Å². The number of hydrogen-bond donors (Lipinski definition) is 1. The Balaban J connectivity index is 3.99. The fraction of sp³-hybridized carbons (Fsp3) is 0.857. The Kier molecular flexibility index (Phi) is 11.3. The number of hydroxylamine groups is 2. The molecular weight excluding hydrogens is 244 g/mol. The lowest BCUT2D eigenvalue weighted by Gasteiger charge is -2.20. The van der Waals surface area contributed by atoms with Crippen LogP contribution in [0.3, 0.4) is 0 Å². The van der Waals surface area contributed by atoms with Gasteiger partial charge in [-0.3, -0.25) is 4.79 Å². The third-order valence-electron chi connectivity index (χ3n) is 2.94. The van der Waals surface area contributed by atoms with Crippen molar-refractivity contribution >= 4 is 11.9 Å². The number of amides is 1. The third-order valence-corrected chi connectivity index (χ3v) is 2.94. The van der Waals surface area contributed by atoms with Crippen LogP contribution in [0.4, 0.5) is 0 Å². The van der Waals surface area contributed by atoms with E-state index in [2.05, 4.69) is 13.8 Å². The second kappa shape index (κ2) is 12.0. The molecule has 0 aromatic rings. The fourth-order valence-corrected chi connectivity index (χ4v) is 1.80. The molecule has 0 aromatic heterocycles. The van der Waals surface area contributed by atoms with Crippen molar-refractivity contribution in [1.29, 1.82) is 0 Å². The van der Waals surface area contributed by atoms with Crippen LogP contribution in [0.5, 0.6) is 0 Å². The van der Waals surface area contributed by atoms with E-state index in [1.807, 2.05) is 0 Å². The lowest BCUT2D eigenvalue weighted by Crippen LogP contribution is -2.35. The molecule has 0 saturated heterocycles. The van der Waals surface area contributed by atoms with Gasteiger partial charge in [0.15, 0.2) is 0 Å². The molecule has 2 N–H and O–H groups in total. The smallest absolute Gasteiger partial charge is 0.360 e. The Morgan fingerprint density at radius 2 is 1.37 bits per heavy atom. The van der Waals surface area contributed by atoms with Gasteiger partial charge in [-0.05, 0) is 12.8 Å². The monoisotopic (exact) mass is 272 g/mol. The summed E-state index contributed by atoms with van der Waals surface area (Å²) in [5.41, 5.74) is 4.90. The van der Waals surface area contributed by atoms with Crippen LogP contribution in [-0.2, 0) is 14.4 Å². The molecule has 0 atom stereocenters. The van der Waals surface area contributed by atoms with Crippen LogP contribution in [0.25, 0.3) is 0 Å². The summed E-state index contributed by atoms with van der Waals surface area (Å²) in [6.07, 6.45) is 8.82. The molecule has 0 heterocycles. The molecule has 0 saturated carbocycles. The summed E-state index contributed by atoms with van der Waals surface area (Å²) >= 11 is 0. The minimum Gasteiger partial charge on any atom is -0.360 e. The first-order chi connectivity index (χ1) is 9.11. The van der Waals surface area contributed by atoms with E-state index in [4.69, 9.17) is 10.6 Å². The summed E-state index contributed by atoms with van der Waals surface area (Å²) < 4.78 is 0. The summed E-state index contributed by atoms with van der Waals surface area (Å²) in [6, 6.07) is 0. The molecule has 1 amide bonds. The van der Waals surface area contributed by atoms with Crippen LogP contribution in [-0.4, -0.2) is 30.0 Å². The predicted octanol–water partition coefficient (Wildman–Crippen LogP) is 2.39. The van der Waals surface area contributed by atoms with E-state index < -0.39 is 11.9 Å². The van der Waals surface area contributed by atoms with E-state index in [0.29, 0.717) is 13.1 Å². The number of carbonyl (C=O) groups excluding carboxylic acids is 2. The molecule has 0 fully saturated rings. The molecule has 5 heteroatoms. The average Bonchev–Trinajstić information content (AvgIpc) is 2.38. The lowest BCUT2D eigenvalue weighted by molar-refractivity contribution is -0.192. The van der Waals surface area contributed by atoms with Gasteiger partial charge in [0.1, 0.15) is 0 Å². The van der Waals surface area contributed by atoms with Crippen molar-refractivity contribution in [2.45, 2.75) is 65.2 Å². The third kappa shape index (κ3) is 10.5. The second-order valence-electron chi connectivity index (χ2n) is 4.79. The lowest BCUT2D eigenvalue weighted by atomic mass is 10.2. The van der Waals surface area contributed by atoms with Crippen LogP contribution >= 0.6 is 0 Å². The Labute approximate surface area is 116 Å². The summed E-state index contributed by atoms with van der Waals surface area (Å²) in [4.78, 5) is 26.9. The van der Waals surface area contributed by atoms with Crippen LogP contribution < -0.4 is 5.73 Å². The SMILES string of the molecule is CCCCCCN(CCCCCC)OC(=O)C(N)=O. The van der Waals surface area contributed by atoms with Crippen molar-refractivity contribution < 1.29 is 14.4 Å². The Morgan fingerprint density at radius 1 is 0.895 bits per heavy atom. The highest BCUT2D eigenvalue weighted by atomic mass is 16.7. The van der Waals surface area contributed by atoms with Crippen LogP contribution in [0.15, 0.2) is 0 Å². The number of nitrogens with zero attached hydrogens (tertiary/aromatic N) is 1. The number of primary amides is 1. The van der Waals surface area contributed by atoms with E-state index in [-0.39, 0.29) is 0 Å². The van der Waals surface area contributed by atoms with Crippen molar-refractivity contribution in [2.75, 3.05) is 13.1 Å². The van der Waals surface area contributed by atoms with E-state index in [9.17, 15) is 9.59 Å². The number of hydrogen-bond acceptors (Lipinski definition) is 4. The van der Waals surface area contributed by atoms with E-state index in [0.717, 1.165) is 38.5 Å². The summed E-state index contributed by atoms with van der Waals surface area (Å²) in [5.74, 6) is -2.00. The molecule has 0 rings (SSSR count). The Hall–Kier alpha value is -1.10. The Morgan fingerprint density at radius 3 is 1.74 bits per heavy atom. The molecule has 0 aliphatic heterocycles. The first-order valence-electron chi connectivity index (χ1n) is 7.38. The summed E-state index contributed by atoms with van der Waals surface area (Å²) in [6.45, 7) is 5.64. The molecule has 0 aliphatic rings. The maximum atomic E-state index is 11.2. The molecular formula is C14H28N2O3. The van der Waals surface area contributed by atoms with Gasteiger partial charge in [-0.25, -0.2) is 4.79 Å². The molecule has 19 heavy (non-hydrogen) atoms. The number of carbonyl (C=O) groups is 2. The zero-order valence-electron chi connectivity index (χ0n) is 12.3. The molecule has 0 aromatic carbocycles. The number of nitrogens with two attached hydrogens (primary N) is 1. The minimum atomic E-state index is -1.04.